The van der Waals surface area contributed by atoms with Crippen LogP contribution in [0.15, 0.2) is 0 Å². The summed E-state index contributed by atoms with van der Waals surface area (Å²) in [7, 11) is -1.91. The summed E-state index contributed by atoms with van der Waals surface area (Å²) in [6.07, 6.45) is 1.27. The number of rotatable bonds is 17. The Morgan fingerprint density at radius 2 is 1.56 bits per heavy atom. The van der Waals surface area contributed by atoms with Crippen LogP contribution in [0.4, 0.5) is 0 Å². The smallest absolute Gasteiger partial charge is 0.184 e. The highest BCUT2D eigenvalue weighted by Crippen LogP contribution is 2.10. The van der Waals surface area contributed by atoms with Gasteiger partial charge in [0, 0.05) is 26.4 Å². The number of hydrogen-bond acceptors (Lipinski definition) is 5. The van der Waals surface area contributed by atoms with Gasteiger partial charge in [0.1, 0.15) is 5.91 Å². The molecule has 0 heterocycles. The molecule has 0 fully saturated rings. The van der Waals surface area contributed by atoms with E-state index in [9.17, 15) is 0 Å². The third-order valence-corrected chi connectivity index (χ3v) is 6.76. The minimum absolute atomic E-state index is 0.0700. The van der Waals surface area contributed by atoms with E-state index in [1.165, 1.54) is 6.04 Å². The maximum absolute atomic E-state index is 6.32. The van der Waals surface area contributed by atoms with Crippen molar-refractivity contribution >= 4 is 17.8 Å². The lowest BCUT2D eigenvalue weighted by atomic mass is 10.3. The summed E-state index contributed by atoms with van der Waals surface area (Å²) in [4.78, 5) is 2.41. The van der Waals surface area contributed by atoms with E-state index in [4.69, 9.17) is 18.6 Å². The van der Waals surface area contributed by atoms with Crippen LogP contribution in [-0.2, 0) is 18.6 Å². The van der Waals surface area contributed by atoms with Gasteiger partial charge in [0.25, 0.3) is 0 Å². The van der Waals surface area contributed by atoms with Gasteiger partial charge in [-0.15, -0.1) is 0 Å². The second-order valence-corrected chi connectivity index (χ2v) is 13.7. The summed E-state index contributed by atoms with van der Waals surface area (Å²) in [6, 6.07) is 1.19. The van der Waals surface area contributed by atoms with E-state index < -0.39 is 8.32 Å². The van der Waals surface area contributed by atoms with Crippen LogP contribution in [0.3, 0.4) is 0 Å². The third kappa shape index (κ3) is 15.0. The Hall–Kier alpha value is 0.234. The second-order valence-electron chi connectivity index (χ2n) is 7.25. The molecule has 0 aromatic carbocycles. The van der Waals surface area contributed by atoms with Crippen LogP contribution in [0, 0.1) is 0 Å². The van der Waals surface area contributed by atoms with Gasteiger partial charge >= 0.3 is 0 Å². The summed E-state index contributed by atoms with van der Waals surface area (Å²) < 4.78 is 23.5. The Morgan fingerprint density at radius 3 is 2.04 bits per heavy atom. The van der Waals surface area contributed by atoms with Gasteiger partial charge < -0.3 is 23.5 Å². The number of nitrogens with zero attached hydrogens (tertiary/aromatic N) is 1. The Bertz CT molecular complexity index is 293. The molecule has 7 heteroatoms. The van der Waals surface area contributed by atoms with E-state index >= 15 is 0 Å². The first-order valence-electron chi connectivity index (χ1n) is 10.1. The van der Waals surface area contributed by atoms with Crippen molar-refractivity contribution in [3.8, 4) is 0 Å². The predicted molar refractivity (Wildman–Crippen MR) is 112 cm³/mol. The fourth-order valence-electron chi connectivity index (χ4n) is 2.71. The molecule has 0 aliphatic rings. The molecule has 0 radical (unpaired) electrons. The van der Waals surface area contributed by atoms with Crippen LogP contribution >= 0.6 is 0 Å². The molecule has 1 atom stereocenters. The van der Waals surface area contributed by atoms with Crippen LogP contribution in [0.1, 0.15) is 34.1 Å². The zero-order valence-corrected chi connectivity index (χ0v) is 20.2. The van der Waals surface area contributed by atoms with Crippen molar-refractivity contribution in [2.75, 3.05) is 46.1 Å². The van der Waals surface area contributed by atoms with Crippen molar-refractivity contribution in [2.45, 2.75) is 71.8 Å². The van der Waals surface area contributed by atoms with Crippen LogP contribution < -0.4 is 0 Å². The zero-order valence-electron chi connectivity index (χ0n) is 17.8. The average molecular weight is 394 g/mol. The minimum atomic E-state index is -1.55. The number of ether oxygens (including phenoxy) is 3. The summed E-state index contributed by atoms with van der Waals surface area (Å²) >= 11 is 0. The highest BCUT2D eigenvalue weighted by Gasteiger charge is 2.22. The third-order valence-electron chi connectivity index (χ3n) is 3.86. The minimum Gasteiger partial charge on any atom is -0.411 e. The average Bonchev–Trinajstić information content (AvgIpc) is 2.54. The van der Waals surface area contributed by atoms with Crippen molar-refractivity contribution < 1.29 is 18.6 Å². The number of likely N-dealkylation sites (N-methyl/N-ethyl adjacent to an activating group) is 1. The van der Waals surface area contributed by atoms with E-state index in [1.807, 2.05) is 13.8 Å². The highest BCUT2D eigenvalue weighted by atomic mass is 28.4. The quantitative estimate of drug-likeness (QED) is 0.216. The first kappa shape index (κ1) is 25.2. The van der Waals surface area contributed by atoms with Crippen LogP contribution in [0.5, 0.6) is 0 Å². The van der Waals surface area contributed by atoms with E-state index in [-0.39, 0.29) is 21.5 Å². The lowest BCUT2D eigenvalue weighted by Gasteiger charge is -2.30. The first-order chi connectivity index (χ1) is 11.9. The normalized spacial score (nSPS) is 14.3. The molecule has 5 nitrogen and oxygen atoms in total. The van der Waals surface area contributed by atoms with Gasteiger partial charge in [0.15, 0.2) is 8.32 Å². The summed E-state index contributed by atoms with van der Waals surface area (Å²) in [5, 5.41) is 0. The Labute approximate surface area is 159 Å². The zero-order chi connectivity index (χ0) is 19.1. The Morgan fingerprint density at radius 1 is 0.960 bits per heavy atom. The molecule has 152 valence electrons. The van der Waals surface area contributed by atoms with Crippen molar-refractivity contribution in [2.24, 2.45) is 0 Å². The van der Waals surface area contributed by atoms with Crippen molar-refractivity contribution in [3.05, 3.63) is 0 Å². The predicted octanol–water partition coefficient (Wildman–Crippen LogP) is 2.90. The standard InChI is InChI=1S/C18H43NO4Si2/c1-8-19(9-2)15-17(23-25(5,6)7)16-20-13-12-14-24-18(21-10-3)22-11-4/h17-18H,8-16,24H2,1-7H3. The fourth-order valence-corrected chi connectivity index (χ4v) is 5.48. The maximum Gasteiger partial charge on any atom is 0.184 e. The molecular formula is C18H43NO4Si2. The molecule has 1 unspecified atom stereocenters. The Balaban J connectivity index is 4.07. The lowest BCUT2D eigenvalue weighted by molar-refractivity contribution is -0.0828. The molecule has 0 aliphatic heterocycles. The van der Waals surface area contributed by atoms with Gasteiger partial charge in [-0.05, 0) is 53.0 Å². The van der Waals surface area contributed by atoms with Gasteiger partial charge in [0.2, 0.25) is 0 Å². The molecular weight excluding hydrogens is 350 g/mol. The molecule has 0 bridgehead atoms. The largest absolute Gasteiger partial charge is 0.411 e. The summed E-state index contributed by atoms with van der Waals surface area (Å²) in [5.74, 6) is 0.0700. The van der Waals surface area contributed by atoms with Gasteiger partial charge in [-0.2, -0.15) is 0 Å². The van der Waals surface area contributed by atoms with E-state index in [2.05, 4.69) is 38.4 Å². The topological polar surface area (TPSA) is 40.2 Å². The SMILES string of the molecule is CCOC(OCC)[SiH2]CCCOCC(CN(CC)CC)O[Si](C)(C)C. The van der Waals surface area contributed by atoms with Crippen LogP contribution in [0.2, 0.25) is 25.7 Å². The Kier molecular flexibility index (Phi) is 15.5. The molecule has 0 rings (SSSR count). The molecule has 0 amide bonds. The van der Waals surface area contributed by atoms with Gasteiger partial charge in [-0.25, -0.2) is 0 Å². The molecule has 0 spiro atoms. The monoisotopic (exact) mass is 393 g/mol. The maximum atomic E-state index is 6.32. The van der Waals surface area contributed by atoms with Crippen LogP contribution in [0.25, 0.3) is 0 Å². The molecule has 25 heavy (non-hydrogen) atoms. The molecule has 0 N–H and O–H groups in total. The molecule has 0 saturated heterocycles. The van der Waals surface area contributed by atoms with Crippen molar-refractivity contribution in [1.29, 1.82) is 0 Å². The molecule has 0 aromatic heterocycles. The number of hydrogen-bond donors (Lipinski definition) is 0. The van der Waals surface area contributed by atoms with E-state index in [1.54, 1.807) is 0 Å². The summed E-state index contributed by atoms with van der Waals surface area (Å²) in [5.41, 5.74) is 0. The van der Waals surface area contributed by atoms with Gasteiger partial charge in [-0.3, -0.25) is 0 Å². The highest BCUT2D eigenvalue weighted by molar-refractivity contribution is 6.69. The summed E-state index contributed by atoms with van der Waals surface area (Å²) in [6.45, 7) is 21.2. The van der Waals surface area contributed by atoms with E-state index in [0.29, 0.717) is 6.61 Å². The molecule has 0 aliphatic carbocycles. The lowest BCUT2D eigenvalue weighted by Crippen LogP contribution is -2.42. The second kappa shape index (κ2) is 15.3. The van der Waals surface area contributed by atoms with Crippen LogP contribution in [-0.4, -0.2) is 80.8 Å². The van der Waals surface area contributed by atoms with Crippen molar-refractivity contribution in [1.82, 2.24) is 4.90 Å². The first-order valence-corrected chi connectivity index (χ1v) is 15.3. The molecule has 0 saturated carbocycles. The fraction of sp³-hybridized carbons (Fsp3) is 1.00. The molecule has 0 aromatic rings. The van der Waals surface area contributed by atoms with Gasteiger partial charge in [-0.1, -0.05) is 19.9 Å². The van der Waals surface area contributed by atoms with E-state index in [0.717, 1.165) is 45.9 Å². The van der Waals surface area contributed by atoms with Crippen molar-refractivity contribution in [3.63, 3.8) is 0 Å². The van der Waals surface area contributed by atoms with Gasteiger partial charge in [0.05, 0.1) is 22.2 Å².